The number of sulfonamides is 1. The van der Waals surface area contributed by atoms with Crippen molar-refractivity contribution in [2.45, 2.75) is 57.4 Å². The summed E-state index contributed by atoms with van der Waals surface area (Å²) in [6, 6.07) is 0.227. The molecule has 2 heterocycles. The van der Waals surface area contributed by atoms with Crippen molar-refractivity contribution in [2.24, 2.45) is 0 Å². The Hall–Kier alpha value is -1.41. The van der Waals surface area contributed by atoms with Gasteiger partial charge in [-0.1, -0.05) is 6.92 Å². The predicted octanol–water partition coefficient (Wildman–Crippen LogP) is 1.44. The lowest BCUT2D eigenvalue weighted by molar-refractivity contribution is -0.134. The number of likely N-dealkylation sites (N-methyl/N-ethyl adjacent to an activating group) is 1. The van der Waals surface area contributed by atoms with Gasteiger partial charge >= 0.3 is 0 Å². The maximum absolute atomic E-state index is 12.7. The van der Waals surface area contributed by atoms with Gasteiger partial charge in [-0.2, -0.15) is 9.40 Å². The SMILES string of the molecule is CCC1CCCCN1C(=O)CN(C)S(=O)(=O)c1c(C)n[nH]c1C. The van der Waals surface area contributed by atoms with E-state index in [1.54, 1.807) is 13.8 Å². The molecule has 130 valence electrons. The molecule has 1 aromatic rings. The van der Waals surface area contributed by atoms with Gasteiger partial charge in [0.1, 0.15) is 4.90 Å². The van der Waals surface area contributed by atoms with Gasteiger partial charge in [-0.15, -0.1) is 0 Å². The molecular weight excluding hydrogens is 316 g/mol. The van der Waals surface area contributed by atoms with E-state index in [1.807, 2.05) is 4.90 Å². The van der Waals surface area contributed by atoms with Crippen molar-refractivity contribution in [3.05, 3.63) is 11.4 Å². The van der Waals surface area contributed by atoms with Gasteiger partial charge in [0, 0.05) is 19.6 Å². The second-order valence-electron chi connectivity index (χ2n) is 6.17. The molecule has 1 aliphatic heterocycles. The largest absolute Gasteiger partial charge is 0.339 e. The molecule has 1 atom stereocenters. The molecule has 0 radical (unpaired) electrons. The number of aromatic nitrogens is 2. The number of hydrogen-bond acceptors (Lipinski definition) is 4. The van der Waals surface area contributed by atoms with Crippen molar-refractivity contribution in [1.82, 2.24) is 19.4 Å². The number of nitrogens with zero attached hydrogens (tertiary/aromatic N) is 3. The highest BCUT2D eigenvalue weighted by Crippen LogP contribution is 2.22. The molecule has 2 rings (SSSR count). The smallest absolute Gasteiger partial charge is 0.246 e. The molecule has 1 amide bonds. The molecule has 1 aliphatic rings. The minimum Gasteiger partial charge on any atom is -0.339 e. The van der Waals surface area contributed by atoms with E-state index in [0.717, 1.165) is 36.5 Å². The molecule has 7 nitrogen and oxygen atoms in total. The second-order valence-corrected chi connectivity index (χ2v) is 8.15. The zero-order valence-electron chi connectivity index (χ0n) is 14.3. The Kier molecular flexibility index (Phi) is 5.46. The van der Waals surface area contributed by atoms with Crippen LogP contribution in [0.5, 0.6) is 0 Å². The topological polar surface area (TPSA) is 86.4 Å². The van der Waals surface area contributed by atoms with Gasteiger partial charge in [-0.05, 0) is 39.5 Å². The summed E-state index contributed by atoms with van der Waals surface area (Å²) in [7, 11) is -2.27. The summed E-state index contributed by atoms with van der Waals surface area (Å²) >= 11 is 0. The van der Waals surface area contributed by atoms with E-state index >= 15 is 0 Å². The minimum absolute atomic E-state index is 0.124. The van der Waals surface area contributed by atoms with Gasteiger partial charge in [0.25, 0.3) is 0 Å². The quantitative estimate of drug-likeness (QED) is 0.877. The molecule has 0 spiro atoms. The summed E-state index contributed by atoms with van der Waals surface area (Å²) < 4.78 is 26.5. The molecule has 0 bridgehead atoms. The fourth-order valence-corrected chi connectivity index (χ4v) is 4.64. The first-order valence-electron chi connectivity index (χ1n) is 8.06. The number of carbonyl (C=O) groups excluding carboxylic acids is 1. The summed E-state index contributed by atoms with van der Waals surface area (Å²) in [5.74, 6) is -0.124. The van der Waals surface area contributed by atoms with Gasteiger partial charge in [-0.3, -0.25) is 9.89 Å². The number of aryl methyl sites for hydroxylation is 2. The third-order valence-electron chi connectivity index (χ3n) is 4.51. The first-order chi connectivity index (χ1) is 10.8. The normalized spacial score (nSPS) is 19.3. The number of likely N-dealkylation sites (tertiary alicyclic amines) is 1. The standard InChI is InChI=1S/C15H26N4O3S/c1-5-13-8-6-7-9-19(13)14(20)10-18(4)23(21,22)15-11(2)16-17-12(15)3/h13H,5-10H2,1-4H3,(H,16,17). The van der Waals surface area contributed by atoms with Crippen LogP contribution in [0.25, 0.3) is 0 Å². The number of piperidine rings is 1. The number of rotatable bonds is 5. The minimum atomic E-state index is -3.72. The predicted molar refractivity (Wildman–Crippen MR) is 87.5 cm³/mol. The van der Waals surface area contributed by atoms with Crippen molar-refractivity contribution in [3.63, 3.8) is 0 Å². The average Bonchev–Trinajstić information content (AvgIpc) is 2.86. The maximum Gasteiger partial charge on any atom is 0.246 e. The number of amides is 1. The fraction of sp³-hybridized carbons (Fsp3) is 0.733. The van der Waals surface area contributed by atoms with E-state index in [0.29, 0.717) is 11.4 Å². The highest BCUT2D eigenvalue weighted by atomic mass is 32.2. The van der Waals surface area contributed by atoms with Crippen LogP contribution in [-0.4, -0.2) is 59.9 Å². The highest BCUT2D eigenvalue weighted by Gasteiger charge is 2.31. The summed E-state index contributed by atoms with van der Waals surface area (Å²) in [6.45, 7) is 5.96. The third-order valence-corrected chi connectivity index (χ3v) is 6.57. The summed E-state index contributed by atoms with van der Waals surface area (Å²) in [5.41, 5.74) is 0.914. The summed E-state index contributed by atoms with van der Waals surface area (Å²) in [6.07, 6.45) is 4.02. The van der Waals surface area contributed by atoms with Crippen LogP contribution in [0, 0.1) is 13.8 Å². The van der Waals surface area contributed by atoms with Crippen LogP contribution in [-0.2, 0) is 14.8 Å². The third kappa shape index (κ3) is 3.58. The van der Waals surface area contributed by atoms with E-state index in [4.69, 9.17) is 0 Å². The lowest BCUT2D eigenvalue weighted by Gasteiger charge is -2.36. The lowest BCUT2D eigenvalue weighted by Crippen LogP contribution is -2.48. The number of hydrogen-bond donors (Lipinski definition) is 1. The molecule has 0 aliphatic carbocycles. The molecule has 8 heteroatoms. The Bertz CT molecular complexity index is 649. The highest BCUT2D eigenvalue weighted by molar-refractivity contribution is 7.89. The molecular formula is C15H26N4O3S. The van der Waals surface area contributed by atoms with Crippen molar-refractivity contribution in [2.75, 3.05) is 20.1 Å². The van der Waals surface area contributed by atoms with Gasteiger partial charge < -0.3 is 4.90 Å². The Morgan fingerprint density at radius 1 is 1.39 bits per heavy atom. The van der Waals surface area contributed by atoms with E-state index in [-0.39, 0.29) is 23.4 Å². The number of aromatic amines is 1. The van der Waals surface area contributed by atoms with Gasteiger partial charge in [0.15, 0.2) is 0 Å². The van der Waals surface area contributed by atoms with Crippen molar-refractivity contribution in [1.29, 1.82) is 0 Å². The van der Waals surface area contributed by atoms with Gasteiger partial charge in [-0.25, -0.2) is 8.42 Å². The molecule has 1 fully saturated rings. The van der Waals surface area contributed by atoms with Crippen LogP contribution in [0.1, 0.15) is 44.0 Å². The number of carbonyl (C=O) groups is 1. The lowest BCUT2D eigenvalue weighted by atomic mass is 10.00. The molecule has 0 saturated carbocycles. The first kappa shape index (κ1) is 17.9. The Labute approximate surface area is 138 Å². The average molecular weight is 342 g/mol. The maximum atomic E-state index is 12.7. The second kappa shape index (κ2) is 7.00. The van der Waals surface area contributed by atoms with E-state index in [9.17, 15) is 13.2 Å². The summed E-state index contributed by atoms with van der Waals surface area (Å²) in [5, 5.41) is 6.61. The molecule has 1 unspecified atom stereocenters. The van der Waals surface area contributed by atoms with Crippen molar-refractivity contribution < 1.29 is 13.2 Å². The van der Waals surface area contributed by atoms with Crippen molar-refractivity contribution in [3.8, 4) is 0 Å². The molecule has 1 aromatic heterocycles. The van der Waals surface area contributed by atoms with E-state index in [2.05, 4.69) is 17.1 Å². The van der Waals surface area contributed by atoms with Crippen LogP contribution < -0.4 is 0 Å². The molecule has 0 aromatic carbocycles. The zero-order chi connectivity index (χ0) is 17.2. The van der Waals surface area contributed by atoms with E-state index < -0.39 is 10.0 Å². The summed E-state index contributed by atoms with van der Waals surface area (Å²) in [4.78, 5) is 14.6. The van der Waals surface area contributed by atoms with Crippen molar-refractivity contribution >= 4 is 15.9 Å². The van der Waals surface area contributed by atoms with Crippen LogP contribution in [0.3, 0.4) is 0 Å². The van der Waals surface area contributed by atoms with E-state index in [1.165, 1.54) is 7.05 Å². The zero-order valence-corrected chi connectivity index (χ0v) is 15.1. The Balaban J connectivity index is 2.14. The first-order valence-corrected chi connectivity index (χ1v) is 9.50. The number of nitrogens with one attached hydrogen (secondary N) is 1. The van der Waals surface area contributed by atoms with Crippen LogP contribution in [0.2, 0.25) is 0 Å². The van der Waals surface area contributed by atoms with Crippen LogP contribution in [0.4, 0.5) is 0 Å². The molecule has 23 heavy (non-hydrogen) atoms. The monoisotopic (exact) mass is 342 g/mol. The van der Waals surface area contributed by atoms with Crippen LogP contribution >= 0.6 is 0 Å². The Morgan fingerprint density at radius 2 is 2.09 bits per heavy atom. The Morgan fingerprint density at radius 3 is 2.65 bits per heavy atom. The van der Waals surface area contributed by atoms with Crippen LogP contribution in [0.15, 0.2) is 4.90 Å². The molecule has 1 saturated heterocycles. The fourth-order valence-electron chi connectivity index (χ4n) is 3.20. The number of H-pyrrole nitrogens is 1. The van der Waals surface area contributed by atoms with Gasteiger partial charge in [0.2, 0.25) is 15.9 Å². The molecule has 1 N–H and O–H groups in total. The van der Waals surface area contributed by atoms with Gasteiger partial charge in [0.05, 0.1) is 17.9 Å².